The number of carbonyl (C=O) groups is 1. The second kappa shape index (κ2) is 5.60. The van der Waals surface area contributed by atoms with Gasteiger partial charge in [-0.25, -0.2) is 4.79 Å². The van der Waals surface area contributed by atoms with Crippen molar-refractivity contribution >= 4 is 27.6 Å². The Morgan fingerprint density at radius 3 is 2.60 bits per heavy atom. The highest BCUT2D eigenvalue weighted by Gasteiger charge is 2.54. The van der Waals surface area contributed by atoms with Crippen LogP contribution >= 0.6 is 15.9 Å². The molecule has 1 aliphatic heterocycles. The van der Waals surface area contributed by atoms with Crippen molar-refractivity contribution in [2.45, 2.75) is 31.2 Å². The summed E-state index contributed by atoms with van der Waals surface area (Å²) in [7, 11) is 0. The van der Waals surface area contributed by atoms with Crippen molar-refractivity contribution in [3.8, 4) is 0 Å². The molecule has 25 heavy (non-hydrogen) atoms. The fourth-order valence-corrected chi connectivity index (χ4v) is 6.26. The van der Waals surface area contributed by atoms with Crippen molar-refractivity contribution in [2.75, 3.05) is 5.32 Å². The van der Waals surface area contributed by atoms with Crippen molar-refractivity contribution in [1.29, 1.82) is 0 Å². The molecule has 2 N–H and O–H groups in total. The van der Waals surface area contributed by atoms with Gasteiger partial charge in [-0.15, -0.1) is 0 Å². The predicted molar refractivity (Wildman–Crippen MR) is 101 cm³/mol. The summed E-state index contributed by atoms with van der Waals surface area (Å²) in [5.74, 6) is 1.61. The van der Waals surface area contributed by atoms with Crippen LogP contribution in [0.3, 0.4) is 0 Å². The average molecular weight is 398 g/mol. The van der Waals surface area contributed by atoms with Gasteiger partial charge in [0.05, 0.1) is 17.3 Å². The Balaban J connectivity index is 1.70. The van der Waals surface area contributed by atoms with Crippen LogP contribution in [0.25, 0.3) is 0 Å². The minimum absolute atomic E-state index is 0.170. The number of fused-ring (bicyclic) bond motifs is 7. The summed E-state index contributed by atoms with van der Waals surface area (Å²) in [5.41, 5.74) is 3.71. The van der Waals surface area contributed by atoms with E-state index in [2.05, 4.69) is 45.5 Å². The number of carboxylic acids is 1. The number of hydrogen-bond acceptors (Lipinski definition) is 2. The molecule has 4 heteroatoms. The molecule has 2 saturated carbocycles. The van der Waals surface area contributed by atoms with E-state index in [-0.39, 0.29) is 6.04 Å². The highest BCUT2D eigenvalue weighted by molar-refractivity contribution is 9.10. The number of anilines is 1. The number of aromatic carboxylic acids is 1. The third-order valence-electron chi connectivity index (χ3n) is 6.59. The maximum atomic E-state index is 11.8. The summed E-state index contributed by atoms with van der Waals surface area (Å²) < 4.78 is 1.10. The minimum Gasteiger partial charge on any atom is -0.478 e. The van der Waals surface area contributed by atoms with Gasteiger partial charge in [0.1, 0.15) is 0 Å². The van der Waals surface area contributed by atoms with Gasteiger partial charge in [-0.1, -0.05) is 46.3 Å². The normalized spacial score (nSPS) is 32.0. The van der Waals surface area contributed by atoms with E-state index in [4.69, 9.17) is 0 Å². The quantitative estimate of drug-likeness (QED) is 0.708. The number of rotatable bonds is 2. The zero-order valence-corrected chi connectivity index (χ0v) is 15.4. The molecular formula is C21H20BrNO2. The molecular weight excluding hydrogens is 378 g/mol. The smallest absolute Gasteiger partial charge is 0.337 e. The lowest BCUT2D eigenvalue weighted by Gasteiger charge is -2.44. The summed E-state index contributed by atoms with van der Waals surface area (Å²) in [6.07, 6.45) is 3.88. The summed E-state index contributed by atoms with van der Waals surface area (Å²) in [6.45, 7) is 0. The Bertz CT molecular complexity index is 865. The minimum atomic E-state index is -0.850. The van der Waals surface area contributed by atoms with Gasteiger partial charge < -0.3 is 10.4 Å². The van der Waals surface area contributed by atoms with Crippen molar-refractivity contribution < 1.29 is 9.90 Å². The largest absolute Gasteiger partial charge is 0.478 e. The summed E-state index contributed by atoms with van der Waals surface area (Å²) in [6, 6.07) is 14.3. The molecule has 0 spiro atoms. The van der Waals surface area contributed by atoms with E-state index >= 15 is 0 Å². The van der Waals surface area contributed by atoms with Crippen LogP contribution in [0.2, 0.25) is 0 Å². The van der Waals surface area contributed by atoms with E-state index < -0.39 is 5.97 Å². The molecule has 3 nitrogen and oxygen atoms in total. The molecule has 5 rings (SSSR count). The molecule has 2 aromatic rings. The molecule has 3 aliphatic rings. The van der Waals surface area contributed by atoms with Gasteiger partial charge in [0.2, 0.25) is 0 Å². The molecule has 5 unspecified atom stereocenters. The van der Waals surface area contributed by atoms with Crippen molar-refractivity contribution in [3.05, 3.63) is 63.6 Å². The molecule has 2 bridgehead atoms. The van der Waals surface area contributed by atoms with E-state index in [1.165, 1.54) is 30.4 Å². The van der Waals surface area contributed by atoms with Crippen LogP contribution in [0, 0.1) is 17.8 Å². The van der Waals surface area contributed by atoms with Crippen LogP contribution in [0.5, 0.6) is 0 Å². The van der Waals surface area contributed by atoms with Crippen molar-refractivity contribution in [1.82, 2.24) is 0 Å². The van der Waals surface area contributed by atoms with Gasteiger partial charge >= 0.3 is 5.97 Å². The maximum absolute atomic E-state index is 11.8. The molecule has 128 valence electrons. The van der Waals surface area contributed by atoms with Gasteiger partial charge in [-0.2, -0.15) is 0 Å². The third kappa shape index (κ3) is 2.20. The standard InChI is InChI=1S/C21H20BrNO2/c22-16-7-2-1-4-13(16)20-18-12-9-8-11(10-12)17(18)14-5-3-6-15(21(24)25)19(14)23-20/h1-7,11-12,17-18,20,23H,8-10H2,(H,24,25). The second-order valence-electron chi connectivity index (χ2n) is 7.65. The number of hydrogen-bond donors (Lipinski definition) is 2. The first-order valence-corrected chi connectivity index (χ1v) is 9.81. The number of nitrogens with one attached hydrogen (secondary N) is 1. The number of benzene rings is 2. The molecule has 0 aromatic heterocycles. The Kier molecular flexibility index (Phi) is 3.46. The predicted octanol–water partition coefficient (Wildman–Crippen LogP) is 5.44. The van der Waals surface area contributed by atoms with Crippen LogP contribution in [0.4, 0.5) is 5.69 Å². The fourth-order valence-electron chi connectivity index (χ4n) is 5.73. The van der Waals surface area contributed by atoms with Gasteiger partial charge in [0.25, 0.3) is 0 Å². The molecule has 5 atom stereocenters. The van der Waals surface area contributed by atoms with E-state index in [1.807, 2.05) is 12.1 Å². The first-order valence-electron chi connectivity index (χ1n) is 9.02. The second-order valence-corrected chi connectivity index (χ2v) is 8.51. The van der Waals surface area contributed by atoms with Crippen LogP contribution in [-0.2, 0) is 0 Å². The topological polar surface area (TPSA) is 49.3 Å². The Hall–Kier alpha value is -1.81. The monoisotopic (exact) mass is 397 g/mol. The van der Waals surface area contributed by atoms with Crippen molar-refractivity contribution in [2.24, 2.45) is 17.8 Å². The Morgan fingerprint density at radius 1 is 1.04 bits per heavy atom. The van der Waals surface area contributed by atoms with Crippen LogP contribution in [-0.4, -0.2) is 11.1 Å². The molecule has 1 heterocycles. The lowest BCUT2D eigenvalue weighted by atomic mass is 9.67. The molecule has 0 radical (unpaired) electrons. The number of para-hydroxylation sites is 1. The molecule has 2 aliphatic carbocycles. The SMILES string of the molecule is O=C(O)c1cccc2c1NC(c1ccccc1Br)C1C3CCC(C3)C21. The van der Waals surface area contributed by atoms with Crippen LogP contribution in [0.15, 0.2) is 46.9 Å². The van der Waals surface area contributed by atoms with E-state index in [0.29, 0.717) is 23.3 Å². The maximum Gasteiger partial charge on any atom is 0.337 e. The molecule has 2 aromatic carbocycles. The van der Waals surface area contributed by atoms with Gasteiger partial charge in [-0.3, -0.25) is 0 Å². The summed E-state index contributed by atoms with van der Waals surface area (Å²) >= 11 is 3.71. The first kappa shape index (κ1) is 15.4. The van der Waals surface area contributed by atoms with E-state index in [0.717, 1.165) is 16.1 Å². The first-order chi connectivity index (χ1) is 12.1. The zero-order chi connectivity index (χ0) is 17.1. The lowest BCUT2D eigenvalue weighted by Crippen LogP contribution is -2.36. The third-order valence-corrected chi connectivity index (χ3v) is 7.31. The molecule has 0 saturated heterocycles. The fraction of sp³-hybridized carbons (Fsp3) is 0.381. The average Bonchev–Trinajstić information content (AvgIpc) is 3.23. The van der Waals surface area contributed by atoms with E-state index in [1.54, 1.807) is 6.07 Å². The lowest BCUT2D eigenvalue weighted by molar-refractivity contribution is 0.0697. The molecule has 2 fully saturated rings. The summed E-state index contributed by atoms with van der Waals surface area (Å²) in [4.78, 5) is 11.8. The van der Waals surface area contributed by atoms with Crippen molar-refractivity contribution in [3.63, 3.8) is 0 Å². The van der Waals surface area contributed by atoms with Gasteiger partial charge in [0, 0.05) is 4.47 Å². The molecule has 0 amide bonds. The van der Waals surface area contributed by atoms with Crippen LogP contribution in [0.1, 0.15) is 52.7 Å². The highest BCUT2D eigenvalue weighted by atomic mass is 79.9. The van der Waals surface area contributed by atoms with Gasteiger partial charge in [-0.05, 0) is 66.2 Å². The summed E-state index contributed by atoms with van der Waals surface area (Å²) in [5, 5.41) is 13.3. The Labute approximate surface area is 155 Å². The number of halogens is 1. The highest BCUT2D eigenvalue weighted by Crippen LogP contribution is 2.64. The zero-order valence-electron chi connectivity index (χ0n) is 13.8. The Morgan fingerprint density at radius 2 is 1.80 bits per heavy atom. The van der Waals surface area contributed by atoms with Gasteiger partial charge in [0.15, 0.2) is 0 Å². The van der Waals surface area contributed by atoms with Crippen LogP contribution < -0.4 is 5.32 Å². The number of carboxylic acid groups (broad SMARTS) is 1. The van der Waals surface area contributed by atoms with E-state index in [9.17, 15) is 9.90 Å².